The summed E-state index contributed by atoms with van der Waals surface area (Å²) in [6, 6.07) is 6.17. The van der Waals surface area contributed by atoms with Gasteiger partial charge in [0.25, 0.3) is 0 Å². The van der Waals surface area contributed by atoms with Crippen molar-refractivity contribution >= 4 is 23.0 Å². The Bertz CT molecular complexity index is 580. The number of thiophene rings is 1. The number of carbonyl (C=O) groups is 1. The van der Waals surface area contributed by atoms with Crippen LogP contribution in [0.25, 0.3) is 0 Å². The molecule has 0 saturated heterocycles. The monoisotopic (exact) mass is 265 g/mol. The van der Waals surface area contributed by atoms with Crippen LogP contribution in [0.3, 0.4) is 0 Å². The van der Waals surface area contributed by atoms with Crippen LogP contribution in [0.1, 0.15) is 20.8 Å². The number of aromatic carboxylic acids is 1. The number of benzene rings is 1. The first-order valence-electron chi connectivity index (χ1n) is 5.37. The van der Waals surface area contributed by atoms with E-state index in [9.17, 15) is 9.18 Å². The molecule has 0 spiro atoms. The standard InChI is InChI=1S/C13H12FNO2S/c1-8-4-10(14)2-3-12(8)15-6-11-5-9(7-18-11)13(16)17/h2-5,7,15H,6H2,1H3,(H,16,17). The Hall–Kier alpha value is -1.88. The largest absolute Gasteiger partial charge is 0.478 e. The lowest BCUT2D eigenvalue weighted by molar-refractivity contribution is 0.0697. The minimum atomic E-state index is -0.921. The molecule has 2 aromatic rings. The van der Waals surface area contributed by atoms with Crippen molar-refractivity contribution in [3.05, 3.63) is 51.5 Å². The highest BCUT2D eigenvalue weighted by atomic mass is 32.1. The molecule has 2 N–H and O–H groups in total. The van der Waals surface area contributed by atoms with Gasteiger partial charge in [0.05, 0.1) is 5.56 Å². The first-order valence-corrected chi connectivity index (χ1v) is 6.25. The topological polar surface area (TPSA) is 49.3 Å². The van der Waals surface area contributed by atoms with Gasteiger partial charge in [0.1, 0.15) is 5.82 Å². The minimum Gasteiger partial charge on any atom is -0.478 e. The molecular formula is C13H12FNO2S. The Morgan fingerprint density at radius 3 is 2.83 bits per heavy atom. The van der Waals surface area contributed by atoms with Crippen LogP contribution in [0.4, 0.5) is 10.1 Å². The van der Waals surface area contributed by atoms with Gasteiger partial charge in [-0.05, 0) is 36.8 Å². The predicted octanol–water partition coefficient (Wildman–Crippen LogP) is 3.51. The van der Waals surface area contributed by atoms with Gasteiger partial charge in [-0.25, -0.2) is 9.18 Å². The van der Waals surface area contributed by atoms with E-state index in [2.05, 4.69) is 5.32 Å². The SMILES string of the molecule is Cc1cc(F)ccc1NCc1cc(C(=O)O)cs1. The van der Waals surface area contributed by atoms with Crippen LogP contribution >= 0.6 is 11.3 Å². The molecule has 0 radical (unpaired) electrons. The van der Waals surface area contributed by atoms with E-state index in [1.807, 2.05) is 6.92 Å². The number of rotatable bonds is 4. The summed E-state index contributed by atoms with van der Waals surface area (Å²) in [5, 5.41) is 13.6. The van der Waals surface area contributed by atoms with Gasteiger partial charge in [-0.3, -0.25) is 0 Å². The maximum absolute atomic E-state index is 12.9. The fourth-order valence-corrected chi connectivity index (χ4v) is 2.39. The van der Waals surface area contributed by atoms with Gasteiger partial charge >= 0.3 is 5.97 Å². The molecule has 3 nitrogen and oxygen atoms in total. The number of carboxylic acid groups (broad SMARTS) is 1. The van der Waals surface area contributed by atoms with Gasteiger partial charge in [0.15, 0.2) is 0 Å². The third-order valence-electron chi connectivity index (χ3n) is 2.54. The molecule has 1 heterocycles. The van der Waals surface area contributed by atoms with Gasteiger partial charge in [-0.1, -0.05) is 0 Å². The summed E-state index contributed by atoms with van der Waals surface area (Å²) in [6.45, 7) is 2.35. The van der Waals surface area contributed by atoms with Crippen LogP contribution in [0.15, 0.2) is 29.6 Å². The molecule has 18 heavy (non-hydrogen) atoms. The Morgan fingerprint density at radius 1 is 1.44 bits per heavy atom. The Balaban J connectivity index is 2.04. The number of carboxylic acids is 1. The lowest BCUT2D eigenvalue weighted by Gasteiger charge is -2.08. The summed E-state index contributed by atoms with van der Waals surface area (Å²) in [6.07, 6.45) is 0. The Kier molecular flexibility index (Phi) is 3.62. The van der Waals surface area contributed by atoms with Gasteiger partial charge < -0.3 is 10.4 Å². The molecule has 0 fully saturated rings. The summed E-state index contributed by atoms with van der Waals surface area (Å²) in [4.78, 5) is 11.7. The third-order valence-corrected chi connectivity index (χ3v) is 3.48. The van der Waals surface area contributed by atoms with E-state index in [1.165, 1.54) is 23.5 Å². The van der Waals surface area contributed by atoms with Crippen molar-refractivity contribution in [1.82, 2.24) is 0 Å². The number of anilines is 1. The van der Waals surface area contributed by atoms with E-state index in [0.717, 1.165) is 16.1 Å². The normalized spacial score (nSPS) is 10.3. The van der Waals surface area contributed by atoms with Crippen molar-refractivity contribution < 1.29 is 14.3 Å². The molecule has 0 bridgehead atoms. The molecular weight excluding hydrogens is 253 g/mol. The van der Waals surface area contributed by atoms with Crippen LogP contribution in [0, 0.1) is 12.7 Å². The van der Waals surface area contributed by atoms with E-state index >= 15 is 0 Å². The summed E-state index contributed by atoms with van der Waals surface area (Å²) in [7, 11) is 0. The van der Waals surface area contributed by atoms with Gasteiger partial charge in [-0.2, -0.15) is 0 Å². The molecule has 5 heteroatoms. The zero-order valence-corrected chi connectivity index (χ0v) is 10.6. The van der Waals surface area contributed by atoms with Crippen molar-refractivity contribution in [3.8, 4) is 0 Å². The zero-order valence-electron chi connectivity index (χ0n) is 9.74. The van der Waals surface area contributed by atoms with Crippen LogP contribution in [-0.2, 0) is 6.54 Å². The predicted molar refractivity (Wildman–Crippen MR) is 69.7 cm³/mol. The highest BCUT2D eigenvalue weighted by molar-refractivity contribution is 7.10. The minimum absolute atomic E-state index is 0.262. The Morgan fingerprint density at radius 2 is 2.22 bits per heavy atom. The van der Waals surface area contributed by atoms with Crippen LogP contribution < -0.4 is 5.32 Å². The molecule has 94 valence electrons. The van der Waals surface area contributed by atoms with Gasteiger partial charge in [-0.15, -0.1) is 11.3 Å². The quantitative estimate of drug-likeness (QED) is 0.889. The average molecular weight is 265 g/mol. The van der Waals surface area contributed by atoms with Gasteiger partial charge in [0.2, 0.25) is 0 Å². The van der Waals surface area contributed by atoms with E-state index in [4.69, 9.17) is 5.11 Å². The second-order valence-corrected chi connectivity index (χ2v) is 4.92. The maximum atomic E-state index is 12.9. The van der Waals surface area contributed by atoms with E-state index in [0.29, 0.717) is 12.1 Å². The van der Waals surface area contributed by atoms with Crippen LogP contribution in [0.2, 0.25) is 0 Å². The highest BCUT2D eigenvalue weighted by Gasteiger charge is 2.06. The van der Waals surface area contributed by atoms with Crippen molar-refractivity contribution in [2.24, 2.45) is 0 Å². The molecule has 0 atom stereocenters. The number of nitrogens with one attached hydrogen (secondary N) is 1. The fraction of sp³-hybridized carbons (Fsp3) is 0.154. The molecule has 0 unspecified atom stereocenters. The van der Waals surface area contributed by atoms with E-state index in [1.54, 1.807) is 17.5 Å². The number of hydrogen-bond acceptors (Lipinski definition) is 3. The smallest absolute Gasteiger partial charge is 0.336 e. The number of halogens is 1. The maximum Gasteiger partial charge on any atom is 0.336 e. The molecule has 0 aliphatic heterocycles. The molecule has 0 aliphatic carbocycles. The van der Waals surface area contributed by atoms with E-state index < -0.39 is 5.97 Å². The lowest BCUT2D eigenvalue weighted by atomic mass is 10.2. The number of aryl methyl sites for hydroxylation is 1. The fourth-order valence-electron chi connectivity index (χ4n) is 1.59. The van der Waals surface area contributed by atoms with Crippen LogP contribution in [0.5, 0.6) is 0 Å². The molecule has 0 amide bonds. The van der Waals surface area contributed by atoms with Crippen molar-refractivity contribution in [2.75, 3.05) is 5.32 Å². The molecule has 2 rings (SSSR count). The second-order valence-electron chi connectivity index (χ2n) is 3.92. The number of hydrogen-bond donors (Lipinski definition) is 2. The second kappa shape index (κ2) is 5.18. The lowest BCUT2D eigenvalue weighted by Crippen LogP contribution is -2.00. The summed E-state index contributed by atoms with van der Waals surface area (Å²) < 4.78 is 12.9. The van der Waals surface area contributed by atoms with Crippen LogP contribution in [-0.4, -0.2) is 11.1 Å². The summed E-state index contributed by atoms with van der Waals surface area (Å²) >= 11 is 1.39. The summed E-state index contributed by atoms with van der Waals surface area (Å²) in [5.74, 6) is -1.18. The molecule has 0 saturated carbocycles. The van der Waals surface area contributed by atoms with Gasteiger partial charge in [0, 0.05) is 22.5 Å². The first-order chi connectivity index (χ1) is 8.56. The Labute approximate surface area is 108 Å². The highest BCUT2D eigenvalue weighted by Crippen LogP contribution is 2.19. The molecule has 0 aliphatic rings. The first kappa shape index (κ1) is 12.6. The van der Waals surface area contributed by atoms with Crippen molar-refractivity contribution in [1.29, 1.82) is 0 Å². The van der Waals surface area contributed by atoms with Crippen molar-refractivity contribution in [3.63, 3.8) is 0 Å². The van der Waals surface area contributed by atoms with E-state index in [-0.39, 0.29) is 5.82 Å². The third kappa shape index (κ3) is 2.87. The van der Waals surface area contributed by atoms with Crippen molar-refractivity contribution in [2.45, 2.75) is 13.5 Å². The molecule has 1 aromatic heterocycles. The summed E-state index contributed by atoms with van der Waals surface area (Å²) in [5.41, 5.74) is 1.97. The average Bonchev–Trinajstić information content (AvgIpc) is 2.76. The molecule has 1 aromatic carbocycles. The zero-order chi connectivity index (χ0) is 13.1.